The molecule has 12 heteroatoms. The van der Waals surface area contributed by atoms with E-state index < -0.39 is 23.5 Å². The van der Waals surface area contributed by atoms with Gasteiger partial charge < -0.3 is 14.5 Å². The molecular formula is C26H21F4N5O3. The lowest BCUT2D eigenvalue weighted by atomic mass is 9.82. The molecule has 1 aliphatic carbocycles. The van der Waals surface area contributed by atoms with E-state index >= 15 is 0 Å². The largest absolute Gasteiger partial charge is 0.416 e. The average Bonchev–Trinajstić information content (AvgIpc) is 3.46. The number of aliphatic hydroxyl groups is 1. The van der Waals surface area contributed by atoms with Gasteiger partial charge in [-0.3, -0.25) is 9.48 Å². The second-order valence-electron chi connectivity index (χ2n) is 9.62. The first-order chi connectivity index (χ1) is 18.1. The summed E-state index contributed by atoms with van der Waals surface area (Å²) in [6.07, 6.45) is -3.76. The van der Waals surface area contributed by atoms with Crippen molar-refractivity contribution >= 4 is 16.8 Å². The van der Waals surface area contributed by atoms with E-state index in [0.717, 1.165) is 12.1 Å². The molecule has 38 heavy (non-hydrogen) atoms. The standard InChI is InChI=1S/C26H21F4N5O3/c1-13(27)25(37)34-11-17(12-34)35-22-19(21(32-35)14-5-7-16(8-6-14)26(28,29)30)3-2-4-20(22)24-31-23(33-38-24)15-9-18(36)10-15/h2-8,15,17-18,36H,1,9-12H2. The molecule has 0 spiro atoms. The van der Waals surface area contributed by atoms with Crippen LogP contribution in [0.25, 0.3) is 33.6 Å². The van der Waals surface area contributed by atoms with Crippen LogP contribution in [0.15, 0.2) is 59.4 Å². The van der Waals surface area contributed by atoms with Gasteiger partial charge in [0.1, 0.15) is 5.69 Å². The van der Waals surface area contributed by atoms with E-state index in [1.54, 1.807) is 22.9 Å². The number of hydrogen-bond donors (Lipinski definition) is 1. The number of carbonyl (C=O) groups is 1. The van der Waals surface area contributed by atoms with Crippen LogP contribution in [-0.2, 0) is 11.0 Å². The van der Waals surface area contributed by atoms with Crippen molar-refractivity contribution in [3.05, 3.63) is 66.3 Å². The molecule has 1 aliphatic heterocycles. The molecule has 4 aromatic rings. The van der Waals surface area contributed by atoms with Crippen molar-refractivity contribution < 1.29 is 32.0 Å². The molecule has 1 amide bonds. The molecule has 0 atom stereocenters. The number of para-hydroxylation sites is 1. The highest BCUT2D eigenvalue weighted by molar-refractivity contribution is 6.00. The highest BCUT2D eigenvalue weighted by atomic mass is 19.4. The first-order valence-corrected chi connectivity index (χ1v) is 11.9. The van der Waals surface area contributed by atoms with Gasteiger partial charge >= 0.3 is 6.18 Å². The molecule has 2 fully saturated rings. The van der Waals surface area contributed by atoms with E-state index in [1.807, 2.05) is 0 Å². The number of hydrogen-bond acceptors (Lipinski definition) is 6. The smallest absolute Gasteiger partial charge is 0.393 e. The molecule has 2 aromatic heterocycles. The third kappa shape index (κ3) is 4.05. The van der Waals surface area contributed by atoms with E-state index in [2.05, 4.69) is 16.7 Å². The minimum absolute atomic E-state index is 0.00526. The Morgan fingerprint density at radius 2 is 1.82 bits per heavy atom. The van der Waals surface area contributed by atoms with Gasteiger partial charge in [-0.1, -0.05) is 36.0 Å². The van der Waals surface area contributed by atoms with Crippen LogP contribution in [0.2, 0.25) is 0 Å². The van der Waals surface area contributed by atoms with Crippen LogP contribution in [0, 0.1) is 0 Å². The Morgan fingerprint density at radius 3 is 2.45 bits per heavy atom. The normalized spacial score (nSPS) is 19.9. The summed E-state index contributed by atoms with van der Waals surface area (Å²) in [6, 6.07) is 9.72. The third-order valence-corrected chi connectivity index (χ3v) is 7.09. The summed E-state index contributed by atoms with van der Waals surface area (Å²) in [6.45, 7) is 3.41. The van der Waals surface area contributed by atoms with Crippen LogP contribution in [0.1, 0.15) is 36.2 Å². The topological polar surface area (TPSA) is 97.3 Å². The number of fused-ring (bicyclic) bond motifs is 1. The van der Waals surface area contributed by atoms with Gasteiger partial charge in [-0.2, -0.15) is 23.3 Å². The van der Waals surface area contributed by atoms with Gasteiger partial charge in [0.05, 0.1) is 28.8 Å². The quantitative estimate of drug-likeness (QED) is 0.294. The predicted octanol–water partition coefficient (Wildman–Crippen LogP) is 4.88. The zero-order valence-electron chi connectivity index (χ0n) is 19.8. The fraction of sp³-hybridized carbons (Fsp3) is 0.308. The molecule has 2 aliphatic rings. The second kappa shape index (κ2) is 8.76. The van der Waals surface area contributed by atoms with Crippen molar-refractivity contribution in [3.8, 4) is 22.7 Å². The molecule has 2 aromatic carbocycles. The van der Waals surface area contributed by atoms with Gasteiger partial charge in [-0.15, -0.1) is 0 Å². The Labute approximate surface area is 213 Å². The first-order valence-electron chi connectivity index (χ1n) is 11.9. The zero-order valence-corrected chi connectivity index (χ0v) is 19.8. The molecular weight excluding hydrogens is 506 g/mol. The number of alkyl halides is 3. The number of benzene rings is 2. The number of aliphatic hydroxyl groups excluding tert-OH is 1. The predicted molar refractivity (Wildman–Crippen MR) is 127 cm³/mol. The molecule has 8 nitrogen and oxygen atoms in total. The van der Waals surface area contributed by atoms with Crippen molar-refractivity contribution in [3.63, 3.8) is 0 Å². The summed E-state index contributed by atoms with van der Waals surface area (Å²) >= 11 is 0. The fourth-order valence-corrected chi connectivity index (χ4v) is 4.92. The van der Waals surface area contributed by atoms with Crippen LogP contribution in [-0.4, -0.2) is 55.0 Å². The molecule has 0 bridgehead atoms. The Balaban J connectivity index is 1.44. The third-order valence-electron chi connectivity index (χ3n) is 7.09. The van der Waals surface area contributed by atoms with Gasteiger partial charge in [-0.25, -0.2) is 4.39 Å². The molecule has 6 rings (SSSR count). The summed E-state index contributed by atoms with van der Waals surface area (Å²) in [7, 11) is 0. The number of aromatic nitrogens is 4. The molecule has 0 unspecified atom stereocenters. The summed E-state index contributed by atoms with van der Waals surface area (Å²) in [5, 5.41) is 19.1. The Morgan fingerprint density at radius 1 is 1.11 bits per heavy atom. The molecule has 1 saturated carbocycles. The average molecular weight is 527 g/mol. The molecule has 3 heterocycles. The van der Waals surface area contributed by atoms with Gasteiger partial charge in [0.2, 0.25) is 0 Å². The lowest BCUT2D eigenvalue weighted by Crippen LogP contribution is -2.51. The number of likely N-dealkylation sites (tertiary alicyclic amines) is 1. The number of carbonyl (C=O) groups excluding carboxylic acids is 1. The van der Waals surface area contributed by atoms with Crippen LogP contribution in [0.5, 0.6) is 0 Å². The van der Waals surface area contributed by atoms with E-state index in [9.17, 15) is 27.5 Å². The van der Waals surface area contributed by atoms with Gasteiger partial charge in [0, 0.05) is 30.0 Å². The highest BCUT2D eigenvalue weighted by Crippen LogP contribution is 2.40. The SMILES string of the molecule is C=C(F)C(=O)N1CC(n2nc(-c3ccc(C(F)(F)F)cc3)c3cccc(-c4nc(C5CC(O)C5)no4)c32)C1. The summed E-state index contributed by atoms with van der Waals surface area (Å²) in [5.74, 6) is -1.14. The van der Waals surface area contributed by atoms with E-state index in [1.165, 1.54) is 17.0 Å². The van der Waals surface area contributed by atoms with Crippen LogP contribution in [0.3, 0.4) is 0 Å². The molecule has 196 valence electrons. The summed E-state index contributed by atoms with van der Waals surface area (Å²) in [4.78, 5) is 17.8. The maximum atomic E-state index is 13.4. The first kappa shape index (κ1) is 24.3. The van der Waals surface area contributed by atoms with Crippen molar-refractivity contribution in [2.75, 3.05) is 13.1 Å². The maximum absolute atomic E-state index is 13.4. The van der Waals surface area contributed by atoms with Crippen LogP contribution < -0.4 is 0 Å². The fourth-order valence-electron chi connectivity index (χ4n) is 4.92. The Hall–Kier alpha value is -4.06. The number of nitrogens with zero attached hydrogens (tertiary/aromatic N) is 5. The van der Waals surface area contributed by atoms with Crippen molar-refractivity contribution in [2.24, 2.45) is 0 Å². The van der Waals surface area contributed by atoms with E-state index in [4.69, 9.17) is 9.62 Å². The summed E-state index contributed by atoms with van der Waals surface area (Å²) in [5.41, 5.74) is 1.30. The molecule has 1 saturated heterocycles. The van der Waals surface area contributed by atoms with Crippen LogP contribution in [0.4, 0.5) is 17.6 Å². The second-order valence-corrected chi connectivity index (χ2v) is 9.62. The lowest BCUT2D eigenvalue weighted by molar-refractivity contribution is -0.137. The zero-order chi connectivity index (χ0) is 26.8. The summed E-state index contributed by atoms with van der Waals surface area (Å²) < 4.78 is 60.0. The van der Waals surface area contributed by atoms with Crippen molar-refractivity contribution in [1.82, 2.24) is 24.8 Å². The maximum Gasteiger partial charge on any atom is 0.416 e. The van der Waals surface area contributed by atoms with Gasteiger partial charge in [0.15, 0.2) is 11.7 Å². The monoisotopic (exact) mass is 527 g/mol. The van der Waals surface area contributed by atoms with E-state index in [-0.39, 0.29) is 37.0 Å². The minimum atomic E-state index is -4.47. The highest BCUT2D eigenvalue weighted by Gasteiger charge is 2.37. The number of amides is 1. The Bertz CT molecular complexity index is 1550. The van der Waals surface area contributed by atoms with Gasteiger partial charge in [0.25, 0.3) is 11.8 Å². The minimum Gasteiger partial charge on any atom is -0.393 e. The van der Waals surface area contributed by atoms with Crippen molar-refractivity contribution in [1.29, 1.82) is 0 Å². The number of rotatable bonds is 5. The Kier molecular flexibility index (Phi) is 5.60. The molecule has 0 radical (unpaired) electrons. The van der Waals surface area contributed by atoms with E-state index in [0.29, 0.717) is 46.4 Å². The van der Waals surface area contributed by atoms with Crippen LogP contribution >= 0.6 is 0 Å². The van der Waals surface area contributed by atoms with Crippen molar-refractivity contribution in [2.45, 2.75) is 37.1 Å². The van der Waals surface area contributed by atoms with Gasteiger partial charge in [-0.05, 0) is 31.0 Å². The number of halogens is 4. The lowest BCUT2D eigenvalue weighted by Gasteiger charge is -2.39. The molecule has 1 N–H and O–H groups in total.